The molecule has 0 amide bonds. The van der Waals surface area contributed by atoms with E-state index in [1.807, 2.05) is 48.3 Å². The van der Waals surface area contributed by atoms with Crippen LogP contribution in [0.4, 0.5) is 4.39 Å². The van der Waals surface area contributed by atoms with Crippen molar-refractivity contribution in [3.05, 3.63) is 72.8 Å². The summed E-state index contributed by atoms with van der Waals surface area (Å²) in [5.41, 5.74) is 4.22. The topological polar surface area (TPSA) is 28.7 Å². The number of halogens is 1. The fraction of sp³-hybridized carbons (Fsp3) is 0.136. The van der Waals surface area contributed by atoms with Crippen molar-refractivity contribution in [2.75, 3.05) is 0 Å². The third-order valence-electron chi connectivity index (χ3n) is 4.70. The van der Waals surface area contributed by atoms with Crippen LogP contribution in [0.25, 0.3) is 33.3 Å². The number of nitrogens with one attached hydrogen (secondary N) is 1. The van der Waals surface area contributed by atoms with E-state index < -0.39 is 0 Å². The Morgan fingerprint density at radius 1 is 0.962 bits per heavy atom. The molecule has 0 radical (unpaired) electrons. The molecule has 1 saturated carbocycles. The summed E-state index contributed by atoms with van der Waals surface area (Å²) in [7, 11) is 0. The van der Waals surface area contributed by atoms with Crippen LogP contribution < -0.4 is 0 Å². The van der Waals surface area contributed by atoms with Crippen molar-refractivity contribution < 1.29 is 4.39 Å². The number of hydrogen-bond acceptors (Lipinski definition) is 2. The molecule has 4 aromatic rings. The second-order valence-electron chi connectivity index (χ2n) is 6.65. The predicted molar refractivity (Wildman–Crippen MR) is 106 cm³/mol. The Kier molecular flexibility index (Phi) is 3.79. The van der Waals surface area contributed by atoms with E-state index in [9.17, 15) is 4.39 Å². The maximum atomic E-state index is 14.9. The molecule has 5 rings (SSSR count). The molecule has 0 atom stereocenters. The van der Waals surface area contributed by atoms with Crippen LogP contribution in [-0.2, 0) is 0 Å². The van der Waals surface area contributed by atoms with E-state index in [0.29, 0.717) is 5.56 Å². The van der Waals surface area contributed by atoms with Gasteiger partial charge in [0.05, 0.1) is 0 Å². The van der Waals surface area contributed by atoms with Gasteiger partial charge in [-0.2, -0.15) is 0 Å². The number of benzene rings is 2. The molecule has 26 heavy (non-hydrogen) atoms. The molecule has 1 aliphatic carbocycles. The molecule has 1 fully saturated rings. The predicted octanol–water partition coefficient (Wildman–Crippen LogP) is 6.29. The maximum Gasteiger partial charge on any atom is 0.137 e. The van der Waals surface area contributed by atoms with Gasteiger partial charge < -0.3 is 4.98 Å². The van der Waals surface area contributed by atoms with Crippen LogP contribution in [0, 0.1) is 5.82 Å². The molecule has 2 nitrogen and oxygen atoms in total. The van der Waals surface area contributed by atoms with Gasteiger partial charge in [0.1, 0.15) is 11.5 Å². The molecule has 1 aliphatic rings. The molecular weight excluding hydrogens is 343 g/mol. The van der Waals surface area contributed by atoms with Crippen LogP contribution >= 0.6 is 11.8 Å². The number of thioether (sulfide) groups is 1. The highest BCUT2D eigenvalue weighted by Gasteiger charge is 2.23. The Bertz CT molecular complexity index is 1100. The summed E-state index contributed by atoms with van der Waals surface area (Å²) in [5, 5.41) is 1.71. The monoisotopic (exact) mass is 360 g/mol. The first-order valence-corrected chi connectivity index (χ1v) is 9.65. The minimum absolute atomic E-state index is 0.217. The number of fused-ring (bicyclic) bond motifs is 1. The van der Waals surface area contributed by atoms with E-state index in [1.54, 1.807) is 12.3 Å². The Morgan fingerprint density at radius 2 is 1.85 bits per heavy atom. The second-order valence-corrected chi connectivity index (χ2v) is 7.99. The van der Waals surface area contributed by atoms with Crippen molar-refractivity contribution in [1.82, 2.24) is 9.97 Å². The number of aromatic amines is 1. The lowest BCUT2D eigenvalue weighted by atomic mass is 10.00. The molecular formula is C22H17FN2S. The zero-order valence-electron chi connectivity index (χ0n) is 14.1. The Morgan fingerprint density at radius 3 is 2.69 bits per heavy atom. The quantitative estimate of drug-likeness (QED) is 0.463. The molecule has 1 N–H and O–H groups in total. The molecule has 0 saturated heterocycles. The Hall–Kier alpha value is -2.59. The lowest BCUT2D eigenvalue weighted by molar-refractivity contribution is 0.631. The summed E-state index contributed by atoms with van der Waals surface area (Å²) < 4.78 is 14.9. The molecule has 0 bridgehead atoms. The van der Waals surface area contributed by atoms with E-state index in [2.05, 4.69) is 28.2 Å². The zero-order valence-corrected chi connectivity index (χ0v) is 14.9. The standard InChI is InChI=1S/C22H17FN2S/c23-20-12-14(19-3-1-2-4-21(19)26-17-6-7-17)5-8-18(20)16-11-15-9-10-24-22(15)25-13-16/h1-5,8-13,17H,6-7H2,(H,24,25). The van der Waals surface area contributed by atoms with Gasteiger partial charge in [0.15, 0.2) is 0 Å². The summed E-state index contributed by atoms with van der Waals surface area (Å²) in [6.45, 7) is 0. The summed E-state index contributed by atoms with van der Waals surface area (Å²) in [6, 6.07) is 17.7. The second kappa shape index (κ2) is 6.29. The maximum absolute atomic E-state index is 14.9. The average molecular weight is 360 g/mol. The molecule has 4 heteroatoms. The molecule has 128 valence electrons. The zero-order chi connectivity index (χ0) is 17.5. The summed E-state index contributed by atoms with van der Waals surface area (Å²) in [6.07, 6.45) is 6.12. The third kappa shape index (κ3) is 2.90. The van der Waals surface area contributed by atoms with Crippen LogP contribution in [0.5, 0.6) is 0 Å². The highest BCUT2D eigenvalue weighted by atomic mass is 32.2. The Labute approximate surface area is 155 Å². The van der Waals surface area contributed by atoms with Crippen molar-refractivity contribution in [3.63, 3.8) is 0 Å². The van der Waals surface area contributed by atoms with Crippen LogP contribution in [0.3, 0.4) is 0 Å². The molecule has 2 heterocycles. The van der Waals surface area contributed by atoms with Gasteiger partial charge in [-0.05, 0) is 48.2 Å². The average Bonchev–Trinajstić information content (AvgIpc) is 3.35. The van der Waals surface area contributed by atoms with Crippen LogP contribution in [-0.4, -0.2) is 15.2 Å². The smallest absolute Gasteiger partial charge is 0.137 e. The summed E-state index contributed by atoms with van der Waals surface area (Å²) in [4.78, 5) is 8.66. The van der Waals surface area contributed by atoms with Gasteiger partial charge in [0.25, 0.3) is 0 Å². The van der Waals surface area contributed by atoms with Crippen molar-refractivity contribution in [2.45, 2.75) is 23.0 Å². The number of nitrogens with zero attached hydrogens (tertiary/aromatic N) is 1. The summed E-state index contributed by atoms with van der Waals surface area (Å²) in [5.74, 6) is -0.217. The van der Waals surface area contributed by atoms with Crippen molar-refractivity contribution >= 4 is 22.8 Å². The van der Waals surface area contributed by atoms with Gasteiger partial charge in [-0.1, -0.05) is 30.3 Å². The van der Waals surface area contributed by atoms with E-state index in [1.165, 1.54) is 17.7 Å². The SMILES string of the molecule is Fc1cc(-c2ccccc2SC2CC2)ccc1-c1cnc2[nH]ccc2c1. The number of pyridine rings is 1. The van der Waals surface area contributed by atoms with Crippen LogP contribution in [0.1, 0.15) is 12.8 Å². The molecule has 0 spiro atoms. The largest absolute Gasteiger partial charge is 0.346 e. The first-order chi connectivity index (χ1) is 12.8. The van der Waals surface area contributed by atoms with Crippen molar-refractivity contribution in [2.24, 2.45) is 0 Å². The molecule has 0 aliphatic heterocycles. The van der Waals surface area contributed by atoms with Gasteiger partial charge in [-0.15, -0.1) is 11.8 Å². The normalized spacial score (nSPS) is 14.0. The number of hydrogen-bond donors (Lipinski definition) is 1. The lowest BCUT2D eigenvalue weighted by Crippen LogP contribution is -1.89. The van der Waals surface area contributed by atoms with E-state index in [4.69, 9.17) is 0 Å². The van der Waals surface area contributed by atoms with Gasteiger partial charge in [0.2, 0.25) is 0 Å². The summed E-state index contributed by atoms with van der Waals surface area (Å²) >= 11 is 1.90. The van der Waals surface area contributed by atoms with Crippen LogP contribution in [0.15, 0.2) is 71.9 Å². The number of aromatic nitrogens is 2. The van der Waals surface area contributed by atoms with E-state index in [-0.39, 0.29) is 5.82 Å². The fourth-order valence-electron chi connectivity index (χ4n) is 3.18. The van der Waals surface area contributed by atoms with Gasteiger partial charge in [-0.25, -0.2) is 9.37 Å². The number of H-pyrrole nitrogens is 1. The number of rotatable bonds is 4. The minimum atomic E-state index is -0.217. The van der Waals surface area contributed by atoms with Crippen molar-refractivity contribution in [3.8, 4) is 22.3 Å². The fourth-order valence-corrected chi connectivity index (χ4v) is 4.38. The Balaban J connectivity index is 1.54. The minimum Gasteiger partial charge on any atom is -0.346 e. The molecule has 2 aromatic heterocycles. The highest BCUT2D eigenvalue weighted by molar-refractivity contribution is 8.00. The lowest BCUT2D eigenvalue weighted by Gasteiger charge is -2.11. The van der Waals surface area contributed by atoms with E-state index in [0.717, 1.165) is 33.0 Å². The van der Waals surface area contributed by atoms with Crippen molar-refractivity contribution in [1.29, 1.82) is 0 Å². The van der Waals surface area contributed by atoms with Gasteiger partial charge >= 0.3 is 0 Å². The van der Waals surface area contributed by atoms with E-state index >= 15 is 0 Å². The third-order valence-corrected chi connectivity index (χ3v) is 6.11. The van der Waals surface area contributed by atoms with Gasteiger partial charge in [0, 0.05) is 39.1 Å². The first-order valence-electron chi connectivity index (χ1n) is 8.77. The van der Waals surface area contributed by atoms with Crippen LogP contribution in [0.2, 0.25) is 0 Å². The molecule has 0 unspecified atom stereocenters. The molecule has 2 aromatic carbocycles. The highest BCUT2D eigenvalue weighted by Crippen LogP contribution is 2.43. The van der Waals surface area contributed by atoms with Gasteiger partial charge in [-0.3, -0.25) is 0 Å². The first kappa shape index (κ1) is 15.6.